The first-order valence-corrected chi connectivity index (χ1v) is 7.02. The Balaban J connectivity index is 2.50. The summed E-state index contributed by atoms with van der Waals surface area (Å²) in [7, 11) is 0. The van der Waals surface area contributed by atoms with Crippen LogP contribution in [-0.4, -0.2) is 11.9 Å². The lowest BCUT2D eigenvalue weighted by Crippen LogP contribution is -2.34. The molecule has 0 atom stereocenters. The average molecular weight is 303 g/mol. The number of alkyl halides is 1. The van der Waals surface area contributed by atoms with Crippen molar-refractivity contribution in [3.63, 3.8) is 0 Å². The molecule has 2 rings (SSSR count). The minimum Gasteiger partial charge on any atom is -0.391 e. The molecule has 0 aliphatic heterocycles. The minimum absolute atomic E-state index is 0.113. The Bertz CT molecular complexity index is 583. The number of esters is 2. The van der Waals surface area contributed by atoms with Crippen molar-refractivity contribution in [1.82, 2.24) is 0 Å². The van der Waals surface area contributed by atoms with Crippen molar-refractivity contribution < 1.29 is 14.3 Å². The molecule has 2 aromatic rings. The molecule has 0 saturated heterocycles. The summed E-state index contributed by atoms with van der Waals surface area (Å²) in [5.74, 6) is -1.38. The van der Waals surface area contributed by atoms with Crippen molar-refractivity contribution in [3.05, 3.63) is 71.8 Å². The van der Waals surface area contributed by atoms with Gasteiger partial charge in [-0.2, -0.15) is 0 Å². The minimum atomic E-state index is -1.53. The fraction of sp³-hybridized carbons (Fsp3) is 0.176. The summed E-state index contributed by atoms with van der Waals surface area (Å²) in [6.07, 6.45) is 0.113. The van der Waals surface area contributed by atoms with E-state index >= 15 is 0 Å². The first-order chi connectivity index (χ1) is 10.1. The molecular weight excluding hydrogens is 288 g/mol. The van der Waals surface area contributed by atoms with E-state index in [-0.39, 0.29) is 6.42 Å². The summed E-state index contributed by atoms with van der Waals surface area (Å²) in [6.45, 7) is 1.62. The number of halogens is 1. The van der Waals surface area contributed by atoms with Crippen LogP contribution in [0.15, 0.2) is 60.7 Å². The van der Waals surface area contributed by atoms with Crippen molar-refractivity contribution in [2.75, 3.05) is 0 Å². The maximum atomic E-state index is 12.5. The number of hydrogen-bond acceptors (Lipinski definition) is 3. The van der Waals surface area contributed by atoms with Gasteiger partial charge in [0.15, 0.2) is 4.87 Å². The van der Waals surface area contributed by atoms with E-state index in [1.54, 1.807) is 55.5 Å². The van der Waals surface area contributed by atoms with Gasteiger partial charge in [0.2, 0.25) is 0 Å². The predicted octanol–water partition coefficient (Wildman–Crippen LogP) is 3.65. The number of carbonyl (C=O) groups excluding carboxylic acids is 2. The zero-order valence-corrected chi connectivity index (χ0v) is 12.3. The van der Waals surface area contributed by atoms with Gasteiger partial charge in [0.1, 0.15) is 0 Å². The molecule has 21 heavy (non-hydrogen) atoms. The Morgan fingerprint density at radius 2 is 1.38 bits per heavy atom. The second kappa shape index (κ2) is 6.55. The largest absolute Gasteiger partial charge is 0.391 e. The quantitative estimate of drug-likeness (QED) is 0.492. The molecule has 0 radical (unpaired) electrons. The van der Waals surface area contributed by atoms with Crippen molar-refractivity contribution in [2.24, 2.45) is 0 Å². The summed E-state index contributed by atoms with van der Waals surface area (Å²) in [6, 6.07) is 17.7. The predicted molar refractivity (Wildman–Crippen MR) is 80.9 cm³/mol. The number of carbonyl (C=O) groups is 2. The van der Waals surface area contributed by atoms with E-state index in [2.05, 4.69) is 0 Å². The van der Waals surface area contributed by atoms with E-state index in [1.165, 1.54) is 0 Å². The molecule has 0 heterocycles. The van der Waals surface area contributed by atoms with Crippen molar-refractivity contribution in [3.8, 4) is 0 Å². The Morgan fingerprint density at radius 1 is 0.952 bits per heavy atom. The average Bonchev–Trinajstić information content (AvgIpc) is 2.55. The van der Waals surface area contributed by atoms with E-state index in [4.69, 9.17) is 16.3 Å². The first-order valence-electron chi connectivity index (χ1n) is 6.64. The normalized spacial score (nSPS) is 11.0. The molecule has 108 valence electrons. The fourth-order valence-corrected chi connectivity index (χ4v) is 2.27. The lowest BCUT2D eigenvalue weighted by molar-refractivity contribution is -0.160. The number of hydrogen-bond donors (Lipinski definition) is 0. The standard InChI is InChI=1S/C17H15ClO3/c1-2-15(19)21-16(20)17(18,13-9-5-3-6-10-13)14-11-7-4-8-12-14/h3-12H,2H2,1H3. The second-order valence-electron chi connectivity index (χ2n) is 4.51. The smallest absolute Gasteiger partial charge is 0.344 e. The molecule has 0 spiro atoms. The van der Waals surface area contributed by atoms with Crippen LogP contribution in [0.2, 0.25) is 0 Å². The topological polar surface area (TPSA) is 43.4 Å². The SMILES string of the molecule is CCC(=O)OC(=O)C(Cl)(c1ccccc1)c1ccccc1. The highest BCUT2D eigenvalue weighted by Crippen LogP contribution is 2.38. The highest BCUT2D eigenvalue weighted by atomic mass is 35.5. The van der Waals surface area contributed by atoms with Crippen LogP contribution in [-0.2, 0) is 19.2 Å². The molecule has 0 aliphatic rings. The van der Waals surface area contributed by atoms with Crippen LogP contribution in [0.4, 0.5) is 0 Å². The van der Waals surface area contributed by atoms with Crippen LogP contribution < -0.4 is 0 Å². The molecule has 0 bridgehead atoms. The summed E-state index contributed by atoms with van der Waals surface area (Å²) < 4.78 is 4.86. The van der Waals surface area contributed by atoms with Crippen LogP contribution in [0.3, 0.4) is 0 Å². The lowest BCUT2D eigenvalue weighted by Gasteiger charge is -2.25. The van der Waals surface area contributed by atoms with Gasteiger partial charge in [0.05, 0.1) is 0 Å². The third-order valence-corrected chi connectivity index (χ3v) is 3.71. The van der Waals surface area contributed by atoms with Gasteiger partial charge < -0.3 is 4.74 Å². The molecule has 3 nitrogen and oxygen atoms in total. The molecule has 0 aliphatic carbocycles. The molecular formula is C17H15ClO3. The van der Waals surface area contributed by atoms with Gasteiger partial charge in [-0.05, 0) is 11.1 Å². The van der Waals surface area contributed by atoms with E-state index in [0.717, 1.165) is 0 Å². The molecule has 2 aromatic carbocycles. The van der Waals surface area contributed by atoms with Gasteiger partial charge in [-0.1, -0.05) is 79.2 Å². The highest BCUT2D eigenvalue weighted by Gasteiger charge is 2.42. The van der Waals surface area contributed by atoms with Gasteiger partial charge in [-0.15, -0.1) is 0 Å². The Kier molecular flexibility index (Phi) is 4.76. The molecule has 0 saturated carbocycles. The Hall–Kier alpha value is -2.13. The number of rotatable bonds is 4. The van der Waals surface area contributed by atoms with Crippen LogP contribution >= 0.6 is 11.6 Å². The summed E-state index contributed by atoms with van der Waals surface area (Å²) in [5.41, 5.74) is 1.12. The molecule has 0 N–H and O–H groups in total. The summed E-state index contributed by atoms with van der Waals surface area (Å²) in [5, 5.41) is 0. The van der Waals surface area contributed by atoms with Gasteiger partial charge >= 0.3 is 11.9 Å². The number of ether oxygens (including phenoxy) is 1. The van der Waals surface area contributed by atoms with Crippen LogP contribution in [0.1, 0.15) is 24.5 Å². The maximum Gasteiger partial charge on any atom is 0.344 e. The summed E-state index contributed by atoms with van der Waals surface area (Å²) >= 11 is 6.61. The van der Waals surface area contributed by atoms with Crippen molar-refractivity contribution >= 4 is 23.5 Å². The summed E-state index contributed by atoms with van der Waals surface area (Å²) in [4.78, 5) is 22.4. The van der Waals surface area contributed by atoms with Crippen LogP contribution in [0.5, 0.6) is 0 Å². The van der Waals surface area contributed by atoms with E-state index < -0.39 is 16.8 Å². The van der Waals surface area contributed by atoms with Crippen LogP contribution in [0.25, 0.3) is 0 Å². The molecule has 0 amide bonds. The van der Waals surface area contributed by atoms with Gasteiger partial charge in [-0.3, -0.25) is 4.79 Å². The third-order valence-electron chi connectivity index (χ3n) is 3.12. The Labute approximate surface area is 128 Å². The highest BCUT2D eigenvalue weighted by molar-refractivity contribution is 6.36. The van der Waals surface area contributed by atoms with E-state index in [1.807, 2.05) is 12.1 Å². The van der Waals surface area contributed by atoms with Crippen molar-refractivity contribution in [2.45, 2.75) is 18.2 Å². The van der Waals surface area contributed by atoms with E-state index in [9.17, 15) is 9.59 Å². The molecule has 0 unspecified atom stereocenters. The van der Waals surface area contributed by atoms with E-state index in [0.29, 0.717) is 11.1 Å². The van der Waals surface area contributed by atoms with Crippen LogP contribution in [0, 0.1) is 0 Å². The third kappa shape index (κ3) is 3.14. The van der Waals surface area contributed by atoms with Crippen molar-refractivity contribution in [1.29, 1.82) is 0 Å². The maximum absolute atomic E-state index is 12.5. The zero-order valence-electron chi connectivity index (χ0n) is 11.6. The second-order valence-corrected chi connectivity index (χ2v) is 5.07. The Morgan fingerprint density at radius 3 is 1.76 bits per heavy atom. The van der Waals surface area contributed by atoms with Gasteiger partial charge in [-0.25, -0.2) is 4.79 Å². The fourth-order valence-electron chi connectivity index (χ4n) is 1.98. The monoisotopic (exact) mass is 302 g/mol. The molecule has 0 aromatic heterocycles. The molecule has 0 fully saturated rings. The van der Waals surface area contributed by atoms with Gasteiger partial charge in [0.25, 0.3) is 0 Å². The number of benzene rings is 2. The zero-order chi connectivity index (χ0) is 15.3. The van der Waals surface area contributed by atoms with Gasteiger partial charge in [0, 0.05) is 6.42 Å². The first kappa shape index (κ1) is 15.3. The lowest BCUT2D eigenvalue weighted by atomic mass is 9.90. The molecule has 4 heteroatoms.